The second kappa shape index (κ2) is 5.97. The van der Waals surface area contributed by atoms with E-state index in [1.807, 2.05) is 0 Å². The first kappa shape index (κ1) is 14.9. The van der Waals surface area contributed by atoms with Crippen molar-refractivity contribution in [1.29, 1.82) is 0 Å². The Kier molecular flexibility index (Phi) is 3.85. The smallest absolute Gasteiger partial charge is 0.319 e. The standard InChI is InChI=1S/C12H14N8O3/c1-22-8-5-14-12(23-2)20-10(8)16-11(17-20)19-6-7(3-9(19)21)4-15-18-13/h5,7H,3-4,6H2,1-2H3. The minimum absolute atomic E-state index is 0.0491. The number of hydrogen-bond acceptors (Lipinski definition) is 7. The summed E-state index contributed by atoms with van der Waals surface area (Å²) in [6.07, 6.45) is 1.77. The van der Waals surface area contributed by atoms with Gasteiger partial charge in [-0.05, 0) is 11.4 Å². The van der Waals surface area contributed by atoms with Gasteiger partial charge in [-0.15, -0.1) is 5.10 Å². The van der Waals surface area contributed by atoms with Crippen LogP contribution in [0.4, 0.5) is 5.95 Å². The molecule has 0 aromatic carbocycles. The van der Waals surface area contributed by atoms with E-state index < -0.39 is 0 Å². The highest BCUT2D eigenvalue weighted by Gasteiger charge is 2.33. The summed E-state index contributed by atoms with van der Waals surface area (Å²) in [6, 6.07) is 0.233. The van der Waals surface area contributed by atoms with Gasteiger partial charge in [-0.2, -0.15) is 14.5 Å². The molecule has 0 N–H and O–H groups in total. The molecular weight excluding hydrogens is 304 g/mol. The van der Waals surface area contributed by atoms with Crippen LogP contribution in [0, 0.1) is 5.92 Å². The van der Waals surface area contributed by atoms with E-state index in [0.717, 1.165) is 0 Å². The van der Waals surface area contributed by atoms with Crippen LogP contribution < -0.4 is 14.4 Å². The maximum absolute atomic E-state index is 12.2. The van der Waals surface area contributed by atoms with Crippen molar-refractivity contribution in [2.24, 2.45) is 11.0 Å². The summed E-state index contributed by atoms with van der Waals surface area (Å²) in [5.74, 6) is 0.488. The number of nitrogens with zero attached hydrogens (tertiary/aromatic N) is 8. The van der Waals surface area contributed by atoms with Crippen molar-refractivity contribution < 1.29 is 14.3 Å². The fourth-order valence-corrected chi connectivity index (χ4v) is 2.47. The van der Waals surface area contributed by atoms with E-state index in [9.17, 15) is 4.79 Å². The first-order valence-corrected chi connectivity index (χ1v) is 6.83. The SMILES string of the molecule is COc1cnc(OC)n2nc(N3CC(CN=[N+]=[N-])CC3=O)nc12. The molecule has 3 rings (SSSR count). The maximum atomic E-state index is 12.2. The average Bonchev–Trinajstić information content (AvgIpc) is 3.15. The lowest BCUT2D eigenvalue weighted by atomic mass is 10.1. The third-order valence-corrected chi connectivity index (χ3v) is 3.54. The number of methoxy groups -OCH3 is 2. The van der Waals surface area contributed by atoms with Gasteiger partial charge in [0.25, 0.3) is 5.95 Å². The number of azide groups is 1. The fraction of sp³-hybridized carbons (Fsp3) is 0.500. The molecule has 1 unspecified atom stereocenters. The number of aromatic nitrogens is 4. The highest BCUT2D eigenvalue weighted by atomic mass is 16.5. The van der Waals surface area contributed by atoms with Crippen LogP contribution in [0.1, 0.15) is 6.42 Å². The lowest BCUT2D eigenvalue weighted by Gasteiger charge is -2.10. The monoisotopic (exact) mass is 318 g/mol. The number of anilines is 1. The maximum Gasteiger partial charge on any atom is 0.319 e. The van der Waals surface area contributed by atoms with Crippen molar-refractivity contribution in [1.82, 2.24) is 19.6 Å². The summed E-state index contributed by atoms with van der Waals surface area (Å²) in [6.45, 7) is 0.660. The van der Waals surface area contributed by atoms with E-state index in [0.29, 0.717) is 24.4 Å². The molecule has 0 saturated carbocycles. The van der Waals surface area contributed by atoms with E-state index in [1.165, 1.54) is 29.8 Å². The van der Waals surface area contributed by atoms with Crippen molar-refractivity contribution in [2.45, 2.75) is 6.42 Å². The van der Waals surface area contributed by atoms with Crippen molar-refractivity contribution in [2.75, 3.05) is 32.2 Å². The van der Waals surface area contributed by atoms with Gasteiger partial charge in [-0.3, -0.25) is 9.69 Å². The molecule has 3 heterocycles. The highest BCUT2D eigenvalue weighted by molar-refractivity contribution is 5.94. The molecule has 0 spiro atoms. The zero-order valence-electron chi connectivity index (χ0n) is 12.6. The number of amides is 1. The zero-order valence-corrected chi connectivity index (χ0v) is 12.6. The third kappa shape index (κ3) is 2.57. The molecule has 0 radical (unpaired) electrons. The molecule has 1 atom stereocenters. The molecule has 23 heavy (non-hydrogen) atoms. The van der Waals surface area contributed by atoms with E-state index in [4.69, 9.17) is 15.0 Å². The van der Waals surface area contributed by atoms with Gasteiger partial charge in [-0.25, -0.2) is 0 Å². The highest BCUT2D eigenvalue weighted by Crippen LogP contribution is 2.27. The molecule has 11 heteroatoms. The van der Waals surface area contributed by atoms with Crippen molar-refractivity contribution in [3.63, 3.8) is 0 Å². The van der Waals surface area contributed by atoms with Gasteiger partial charge in [0.15, 0.2) is 5.75 Å². The Balaban J connectivity index is 1.97. The quantitative estimate of drug-likeness (QED) is 0.455. The third-order valence-electron chi connectivity index (χ3n) is 3.54. The first-order valence-electron chi connectivity index (χ1n) is 6.83. The van der Waals surface area contributed by atoms with Gasteiger partial charge in [0.05, 0.1) is 20.4 Å². The average molecular weight is 318 g/mol. The van der Waals surface area contributed by atoms with Gasteiger partial charge in [0.1, 0.15) is 0 Å². The second-order valence-electron chi connectivity index (χ2n) is 4.95. The molecule has 2 aromatic rings. The Morgan fingerprint density at radius 3 is 3.00 bits per heavy atom. The predicted octanol–water partition coefficient (Wildman–Crippen LogP) is 0.805. The van der Waals surface area contributed by atoms with Gasteiger partial charge in [0, 0.05) is 24.4 Å². The molecular formula is C12H14N8O3. The Bertz CT molecular complexity index is 756. The van der Waals surface area contributed by atoms with Gasteiger partial charge < -0.3 is 9.47 Å². The Hall–Kier alpha value is -3.07. The number of fused-ring (bicyclic) bond motifs is 1. The van der Waals surface area contributed by atoms with Gasteiger partial charge in [-0.1, -0.05) is 5.11 Å². The number of hydrogen-bond donors (Lipinski definition) is 0. The summed E-state index contributed by atoms with van der Waals surface area (Å²) in [5.41, 5.74) is 8.79. The van der Waals surface area contributed by atoms with Gasteiger partial charge >= 0.3 is 6.01 Å². The van der Waals surface area contributed by atoms with Crippen LogP contribution in [0.2, 0.25) is 0 Å². The van der Waals surface area contributed by atoms with Crippen LogP contribution in [0.25, 0.3) is 16.1 Å². The number of carbonyl (C=O) groups excluding carboxylic acids is 1. The number of rotatable bonds is 5. The van der Waals surface area contributed by atoms with E-state index in [2.05, 4.69) is 25.1 Å². The lowest BCUT2D eigenvalue weighted by molar-refractivity contribution is -0.117. The van der Waals surface area contributed by atoms with Crippen LogP contribution in [0.15, 0.2) is 11.3 Å². The molecule has 11 nitrogen and oxygen atoms in total. The van der Waals surface area contributed by atoms with Gasteiger partial charge in [0.2, 0.25) is 11.6 Å². The van der Waals surface area contributed by atoms with Crippen molar-refractivity contribution >= 4 is 17.5 Å². The summed E-state index contributed by atoms with van der Waals surface area (Å²) in [4.78, 5) is 24.8. The summed E-state index contributed by atoms with van der Waals surface area (Å²) >= 11 is 0. The van der Waals surface area contributed by atoms with Crippen molar-refractivity contribution in [3.8, 4) is 11.8 Å². The van der Waals surface area contributed by atoms with Crippen LogP contribution in [0.5, 0.6) is 11.8 Å². The molecule has 1 amide bonds. The number of carbonyl (C=O) groups is 1. The molecule has 120 valence electrons. The zero-order chi connectivity index (χ0) is 16.4. The Morgan fingerprint density at radius 1 is 1.48 bits per heavy atom. The summed E-state index contributed by atoms with van der Waals surface area (Å²) in [5, 5.41) is 7.80. The normalized spacial score (nSPS) is 17.4. The molecule has 1 aliphatic heterocycles. The molecule has 2 aromatic heterocycles. The van der Waals surface area contributed by atoms with E-state index >= 15 is 0 Å². The Labute approximate surface area is 130 Å². The summed E-state index contributed by atoms with van der Waals surface area (Å²) in [7, 11) is 2.96. The predicted molar refractivity (Wildman–Crippen MR) is 78.4 cm³/mol. The fourth-order valence-electron chi connectivity index (χ4n) is 2.47. The molecule has 1 saturated heterocycles. The first-order chi connectivity index (χ1) is 11.2. The van der Waals surface area contributed by atoms with Crippen LogP contribution in [0.3, 0.4) is 0 Å². The van der Waals surface area contributed by atoms with Crippen LogP contribution in [-0.2, 0) is 4.79 Å². The minimum Gasteiger partial charge on any atom is -0.491 e. The largest absolute Gasteiger partial charge is 0.491 e. The summed E-state index contributed by atoms with van der Waals surface area (Å²) < 4.78 is 11.7. The lowest BCUT2D eigenvalue weighted by Crippen LogP contribution is -2.26. The topological polar surface area (TPSA) is 131 Å². The molecule has 1 aliphatic rings. The molecule has 1 fully saturated rings. The molecule has 0 bridgehead atoms. The van der Waals surface area contributed by atoms with Crippen molar-refractivity contribution in [3.05, 3.63) is 16.6 Å². The van der Waals surface area contributed by atoms with Crippen LogP contribution in [-0.4, -0.2) is 52.8 Å². The second-order valence-corrected chi connectivity index (χ2v) is 4.95. The van der Waals surface area contributed by atoms with E-state index in [1.54, 1.807) is 0 Å². The van der Waals surface area contributed by atoms with Crippen LogP contribution >= 0.6 is 0 Å². The Morgan fingerprint density at radius 2 is 2.30 bits per heavy atom. The van der Waals surface area contributed by atoms with E-state index in [-0.39, 0.29) is 30.3 Å². The number of ether oxygens (including phenoxy) is 2. The molecule has 0 aliphatic carbocycles. The minimum atomic E-state index is -0.120.